The van der Waals surface area contributed by atoms with Gasteiger partial charge in [0, 0.05) is 25.3 Å². The lowest BCUT2D eigenvalue weighted by molar-refractivity contribution is -0.137. The van der Waals surface area contributed by atoms with Gasteiger partial charge in [0.1, 0.15) is 0 Å². The van der Waals surface area contributed by atoms with Crippen molar-refractivity contribution in [2.24, 2.45) is 5.92 Å². The fraction of sp³-hybridized carbons (Fsp3) is 0.533. The Morgan fingerprint density at radius 1 is 1.29 bits per heavy atom. The first-order chi connectivity index (χ1) is 9.95. The number of carbonyl (C=O) groups is 1. The molecule has 1 aliphatic rings. The van der Waals surface area contributed by atoms with Crippen LogP contribution in [0.15, 0.2) is 24.3 Å². The van der Waals surface area contributed by atoms with Gasteiger partial charge in [-0.3, -0.25) is 4.79 Å². The van der Waals surface area contributed by atoms with E-state index in [1.807, 2.05) is 0 Å². The van der Waals surface area contributed by atoms with Crippen LogP contribution < -0.4 is 5.32 Å². The Kier molecular flexibility index (Phi) is 5.22. The number of hydrogen-bond acceptors (Lipinski definition) is 2. The van der Waals surface area contributed by atoms with Gasteiger partial charge in [0.15, 0.2) is 0 Å². The predicted molar refractivity (Wildman–Crippen MR) is 72.9 cm³/mol. The molecule has 6 heteroatoms. The highest BCUT2D eigenvalue weighted by Crippen LogP contribution is 2.30. The molecule has 116 valence electrons. The third-order valence-corrected chi connectivity index (χ3v) is 3.59. The topological polar surface area (TPSA) is 38.3 Å². The molecule has 1 N–H and O–H groups in total. The summed E-state index contributed by atoms with van der Waals surface area (Å²) in [7, 11) is 0. The van der Waals surface area contributed by atoms with Gasteiger partial charge in [-0.05, 0) is 43.4 Å². The van der Waals surface area contributed by atoms with E-state index in [2.05, 4.69) is 5.32 Å². The van der Waals surface area contributed by atoms with Crippen molar-refractivity contribution < 1.29 is 22.7 Å². The molecule has 0 aromatic heterocycles. The number of ether oxygens (including phenoxy) is 1. The normalized spacial score (nSPS) is 16.7. The van der Waals surface area contributed by atoms with Gasteiger partial charge in [-0.2, -0.15) is 13.2 Å². The van der Waals surface area contributed by atoms with Gasteiger partial charge in [-0.25, -0.2) is 0 Å². The lowest BCUT2D eigenvalue weighted by Crippen LogP contribution is -2.19. The fourth-order valence-corrected chi connectivity index (χ4v) is 2.37. The largest absolute Gasteiger partial charge is 0.416 e. The SMILES string of the molecule is O=C(CCC1CCOCC1)Nc1cccc(C(F)(F)F)c1. The van der Waals surface area contributed by atoms with Gasteiger partial charge < -0.3 is 10.1 Å². The van der Waals surface area contributed by atoms with E-state index in [0.29, 0.717) is 12.3 Å². The maximum absolute atomic E-state index is 12.6. The number of benzene rings is 1. The molecule has 0 aliphatic carbocycles. The van der Waals surface area contributed by atoms with Crippen molar-refractivity contribution in [3.63, 3.8) is 0 Å². The summed E-state index contributed by atoms with van der Waals surface area (Å²) in [5.41, 5.74) is -0.577. The van der Waals surface area contributed by atoms with Gasteiger partial charge in [-0.1, -0.05) is 6.07 Å². The molecule has 1 saturated heterocycles. The van der Waals surface area contributed by atoms with E-state index < -0.39 is 11.7 Å². The van der Waals surface area contributed by atoms with E-state index in [0.717, 1.165) is 44.6 Å². The maximum atomic E-state index is 12.6. The van der Waals surface area contributed by atoms with E-state index in [1.165, 1.54) is 12.1 Å². The molecule has 0 radical (unpaired) electrons. The Balaban J connectivity index is 1.84. The third-order valence-electron chi connectivity index (χ3n) is 3.59. The molecule has 0 saturated carbocycles. The highest BCUT2D eigenvalue weighted by molar-refractivity contribution is 5.90. The zero-order valence-corrected chi connectivity index (χ0v) is 11.6. The lowest BCUT2D eigenvalue weighted by Gasteiger charge is -2.21. The summed E-state index contributed by atoms with van der Waals surface area (Å²) in [4.78, 5) is 11.8. The minimum absolute atomic E-state index is 0.182. The van der Waals surface area contributed by atoms with Crippen LogP contribution in [0.1, 0.15) is 31.2 Å². The van der Waals surface area contributed by atoms with Crippen LogP contribution in [0.2, 0.25) is 0 Å². The van der Waals surface area contributed by atoms with Gasteiger partial charge in [0.25, 0.3) is 0 Å². The number of carbonyl (C=O) groups excluding carboxylic acids is 1. The Bertz CT molecular complexity index is 482. The molecule has 1 heterocycles. The van der Waals surface area contributed by atoms with Crippen LogP contribution in [-0.2, 0) is 15.7 Å². The summed E-state index contributed by atoms with van der Waals surface area (Å²) in [6.07, 6.45) is -1.45. The molecule has 0 spiro atoms. The summed E-state index contributed by atoms with van der Waals surface area (Å²) >= 11 is 0. The van der Waals surface area contributed by atoms with Crippen molar-refractivity contribution >= 4 is 11.6 Å². The molecule has 21 heavy (non-hydrogen) atoms. The van der Waals surface area contributed by atoms with Crippen molar-refractivity contribution in [2.75, 3.05) is 18.5 Å². The summed E-state index contributed by atoms with van der Waals surface area (Å²) in [5.74, 6) is 0.215. The smallest absolute Gasteiger partial charge is 0.381 e. The number of rotatable bonds is 4. The number of halogens is 3. The Morgan fingerprint density at radius 2 is 2.00 bits per heavy atom. The first-order valence-corrected chi connectivity index (χ1v) is 7.00. The molecule has 2 rings (SSSR count). The number of alkyl halides is 3. The van der Waals surface area contributed by atoms with Gasteiger partial charge in [0.05, 0.1) is 5.56 Å². The second kappa shape index (κ2) is 6.93. The highest BCUT2D eigenvalue weighted by atomic mass is 19.4. The Hall–Kier alpha value is -1.56. The van der Waals surface area contributed by atoms with Crippen LogP contribution in [0.4, 0.5) is 18.9 Å². The molecular formula is C15H18F3NO2. The number of amides is 1. The fourth-order valence-electron chi connectivity index (χ4n) is 2.37. The summed E-state index contributed by atoms with van der Waals surface area (Å²) < 4.78 is 43.0. The molecule has 0 unspecified atom stereocenters. The van der Waals surface area contributed by atoms with Gasteiger partial charge >= 0.3 is 6.18 Å². The van der Waals surface area contributed by atoms with Crippen molar-refractivity contribution in [3.8, 4) is 0 Å². The third kappa shape index (κ3) is 5.04. The average molecular weight is 301 g/mol. The van der Waals surface area contributed by atoms with Gasteiger partial charge in [-0.15, -0.1) is 0 Å². The van der Waals surface area contributed by atoms with Crippen molar-refractivity contribution in [1.29, 1.82) is 0 Å². The minimum Gasteiger partial charge on any atom is -0.381 e. The molecular weight excluding hydrogens is 283 g/mol. The van der Waals surface area contributed by atoms with E-state index in [1.54, 1.807) is 0 Å². The summed E-state index contributed by atoms with van der Waals surface area (Å²) in [5, 5.41) is 2.52. The second-order valence-electron chi connectivity index (χ2n) is 5.22. The monoisotopic (exact) mass is 301 g/mol. The molecule has 3 nitrogen and oxygen atoms in total. The molecule has 1 fully saturated rings. The first kappa shape index (κ1) is 15.8. The van der Waals surface area contributed by atoms with Gasteiger partial charge in [0.2, 0.25) is 5.91 Å². The summed E-state index contributed by atoms with van der Waals surface area (Å²) in [6, 6.07) is 4.68. The van der Waals surface area contributed by atoms with Crippen LogP contribution >= 0.6 is 0 Å². The zero-order chi connectivity index (χ0) is 15.3. The standard InChI is InChI=1S/C15H18F3NO2/c16-15(17,18)12-2-1-3-13(10-12)19-14(20)5-4-11-6-8-21-9-7-11/h1-3,10-11H,4-9H2,(H,19,20). The van der Waals surface area contributed by atoms with Crippen LogP contribution in [0.3, 0.4) is 0 Å². The quantitative estimate of drug-likeness (QED) is 0.917. The zero-order valence-electron chi connectivity index (χ0n) is 11.6. The minimum atomic E-state index is -4.40. The highest BCUT2D eigenvalue weighted by Gasteiger charge is 2.30. The van der Waals surface area contributed by atoms with E-state index in [9.17, 15) is 18.0 Å². The van der Waals surface area contributed by atoms with Crippen LogP contribution in [0, 0.1) is 5.92 Å². The molecule has 1 aromatic rings. The molecule has 1 aliphatic heterocycles. The van der Waals surface area contributed by atoms with E-state index in [-0.39, 0.29) is 11.6 Å². The lowest BCUT2D eigenvalue weighted by atomic mass is 9.95. The summed E-state index contributed by atoms with van der Waals surface area (Å²) in [6.45, 7) is 1.44. The van der Waals surface area contributed by atoms with Crippen molar-refractivity contribution in [2.45, 2.75) is 31.9 Å². The predicted octanol–water partition coefficient (Wildman–Crippen LogP) is 3.85. The second-order valence-corrected chi connectivity index (χ2v) is 5.22. The molecule has 1 amide bonds. The number of anilines is 1. The van der Waals surface area contributed by atoms with Crippen LogP contribution in [-0.4, -0.2) is 19.1 Å². The molecule has 0 bridgehead atoms. The van der Waals surface area contributed by atoms with Crippen LogP contribution in [0.5, 0.6) is 0 Å². The van der Waals surface area contributed by atoms with E-state index in [4.69, 9.17) is 4.74 Å². The van der Waals surface area contributed by atoms with Crippen molar-refractivity contribution in [3.05, 3.63) is 29.8 Å². The Labute approximate surface area is 121 Å². The Morgan fingerprint density at radius 3 is 2.67 bits per heavy atom. The molecule has 0 atom stereocenters. The van der Waals surface area contributed by atoms with E-state index >= 15 is 0 Å². The maximum Gasteiger partial charge on any atom is 0.416 e. The molecule has 1 aromatic carbocycles. The van der Waals surface area contributed by atoms with Crippen molar-refractivity contribution in [1.82, 2.24) is 0 Å². The number of nitrogens with one attached hydrogen (secondary N) is 1. The first-order valence-electron chi connectivity index (χ1n) is 7.00. The van der Waals surface area contributed by atoms with Crippen LogP contribution in [0.25, 0.3) is 0 Å². The average Bonchev–Trinajstić information content (AvgIpc) is 2.46. The number of hydrogen-bond donors (Lipinski definition) is 1.